The summed E-state index contributed by atoms with van der Waals surface area (Å²) in [7, 11) is 0. The molecule has 0 amide bonds. The van der Waals surface area contributed by atoms with Gasteiger partial charge in [-0.3, -0.25) is 0 Å². The molecule has 88 valence electrons. The summed E-state index contributed by atoms with van der Waals surface area (Å²) in [5, 5.41) is 17.1. The largest absolute Gasteiger partial charge is 0.389 e. The summed E-state index contributed by atoms with van der Waals surface area (Å²) in [6.07, 6.45) is 5.05. The van der Waals surface area contributed by atoms with Crippen LogP contribution in [0.15, 0.2) is 5.38 Å². The van der Waals surface area contributed by atoms with Gasteiger partial charge in [0.1, 0.15) is 0 Å². The number of hydrogen-bond donors (Lipinski definition) is 2. The fourth-order valence-corrected chi connectivity index (χ4v) is 3.32. The molecule has 0 atom stereocenters. The number of nitrogens with zero attached hydrogens (tertiary/aromatic N) is 1. The number of piperidine rings is 1. The lowest BCUT2D eigenvalue weighted by molar-refractivity contribution is 0.0101. The first-order chi connectivity index (χ1) is 7.75. The zero-order chi connectivity index (χ0) is 11.0. The average Bonchev–Trinajstić information content (AvgIpc) is 3.02. The molecular formula is C12H18N2OS. The van der Waals surface area contributed by atoms with Gasteiger partial charge in [0.2, 0.25) is 0 Å². The molecule has 1 saturated heterocycles. The van der Waals surface area contributed by atoms with Crippen molar-refractivity contribution in [1.29, 1.82) is 0 Å². The van der Waals surface area contributed by atoms with E-state index >= 15 is 0 Å². The minimum Gasteiger partial charge on any atom is -0.389 e. The van der Waals surface area contributed by atoms with Crippen molar-refractivity contribution in [3.05, 3.63) is 16.1 Å². The highest BCUT2D eigenvalue weighted by Crippen LogP contribution is 2.41. The van der Waals surface area contributed by atoms with Gasteiger partial charge in [0, 0.05) is 17.7 Å². The van der Waals surface area contributed by atoms with Gasteiger partial charge >= 0.3 is 0 Å². The van der Waals surface area contributed by atoms with E-state index in [9.17, 15) is 5.11 Å². The Morgan fingerprint density at radius 3 is 2.88 bits per heavy atom. The number of rotatable bonds is 3. The molecule has 0 unspecified atom stereocenters. The maximum Gasteiger partial charge on any atom is 0.0959 e. The van der Waals surface area contributed by atoms with Gasteiger partial charge in [-0.25, -0.2) is 4.98 Å². The maximum atomic E-state index is 10.4. The number of hydrogen-bond acceptors (Lipinski definition) is 4. The van der Waals surface area contributed by atoms with Gasteiger partial charge < -0.3 is 10.4 Å². The van der Waals surface area contributed by atoms with E-state index in [1.54, 1.807) is 11.3 Å². The Balaban J connectivity index is 1.67. The lowest BCUT2D eigenvalue weighted by Gasteiger charge is -2.31. The monoisotopic (exact) mass is 238 g/mol. The molecule has 1 aliphatic heterocycles. The summed E-state index contributed by atoms with van der Waals surface area (Å²) < 4.78 is 0. The fraction of sp³-hybridized carbons (Fsp3) is 0.750. The van der Waals surface area contributed by atoms with Gasteiger partial charge in [-0.2, -0.15) is 0 Å². The predicted octanol–water partition coefficient (Wildman–Crippen LogP) is 1.68. The number of aliphatic hydroxyl groups is 1. The van der Waals surface area contributed by atoms with E-state index in [4.69, 9.17) is 0 Å². The summed E-state index contributed by atoms with van der Waals surface area (Å²) in [4.78, 5) is 4.65. The van der Waals surface area contributed by atoms with E-state index in [0.717, 1.165) is 44.0 Å². The molecule has 1 saturated carbocycles. The summed E-state index contributed by atoms with van der Waals surface area (Å²) in [6.45, 7) is 1.85. The molecule has 2 aliphatic rings. The first-order valence-corrected chi connectivity index (χ1v) is 7.01. The minimum atomic E-state index is -0.514. The van der Waals surface area contributed by atoms with Crippen LogP contribution in [0, 0.1) is 0 Å². The fourth-order valence-electron chi connectivity index (χ4n) is 2.33. The molecular weight excluding hydrogens is 220 g/mol. The van der Waals surface area contributed by atoms with Crippen LogP contribution in [-0.2, 0) is 6.42 Å². The van der Waals surface area contributed by atoms with Crippen LogP contribution in [0.25, 0.3) is 0 Å². The summed E-state index contributed by atoms with van der Waals surface area (Å²) in [5.41, 5.74) is 0.580. The van der Waals surface area contributed by atoms with E-state index in [1.807, 2.05) is 0 Å². The number of nitrogens with one attached hydrogen (secondary N) is 1. The molecule has 16 heavy (non-hydrogen) atoms. The highest BCUT2D eigenvalue weighted by molar-refractivity contribution is 7.09. The normalized spacial score (nSPS) is 24.6. The molecule has 0 bridgehead atoms. The quantitative estimate of drug-likeness (QED) is 0.842. The van der Waals surface area contributed by atoms with E-state index < -0.39 is 5.60 Å². The van der Waals surface area contributed by atoms with Crippen LogP contribution in [0.4, 0.5) is 0 Å². The average molecular weight is 238 g/mol. The van der Waals surface area contributed by atoms with E-state index in [0.29, 0.717) is 0 Å². The smallest absolute Gasteiger partial charge is 0.0959 e. The van der Waals surface area contributed by atoms with E-state index in [1.165, 1.54) is 17.8 Å². The Kier molecular flexibility index (Phi) is 2.73. The van der Waals surface area contributed by atoms with Gasteiger partial charge in [-0.15, -0.1) is 11.3 Å². The molecule has 2 heterocycles. The molecule has 0 radical (unpaired) electrons. The summed E-state index contributed by atoms with van der Waals surface area (Å²) in [5.74, 6) is 0.737. The Bertz CT molecular complexity index is 367. The van der Waals surface area contributed by atoms with Gasteiger partial charge in [0.25, 0.3) is 0 Å². The summed E-state index contributed by atoms with van der Waals surface area (Å²) >= 11 is 1.77. The second kappa shape index (κ2) is 4.09. The summed E-state index contributed by atoms with van der Waals surface area (Å²) in [6, 6.07) is 0. The predicted molar refractivity (Wildman–Crippen MR) is 64.8 cm³/mol. The van der Waals surface area contributed by atoms with Crippen LogP contribution in [-0.4, -0.2) is 28.8 Å². The van der Waals surface area contributed by atoms with Crippen molar-refractivity contribution in [3.63, 3.8) is 0 Å². The van der Waals surface area contributed by atoms with Crippen LogP contribution < -0.4 is 5.32 Å². The third-order valence-electron chi connectivity index (χ3n) is 3.54. The van der Waals surface area contributed by atoms with Gasteiger partial charge in [-0.1, -0.05) is 0 Å². The van der Waals surface area contributed by atoms with Crippen LogP contribution in [0.2, 0.25) is 0 Å². The van der Waals surface area contributed by atoms with Crippen molar-refractivity contribution in [2.45, 2.75) is 43.6 Å². The van der Waals surface area contributed by atoms with Crippen LogP contribution >= 0.6 is 11.3 Å². The SMILES string of the molecule is OC1(Cc2csc(C3CC3)n2)CCNCC1. The molecule has 2 N–H and O–H groups in total. The molecule has 4 heteroatoms. The highest BCUT2D eigenvalue weighted by Gasteiger charge is 2.31. The van der Waals surface area contributed by atoms with E-state index in [-0.39, 0.29) is 0 Å². The Morgan fingerprint density at radius 2 is 2.19 bits per heavy atom. The number of thiazole rings is 1. The van der Waals surface area contributed by atoms with Gasteiger partial charge in [0.15, 0.2) is 0 Å². The first-order valence-electron chi connectivity index (χ1n) is 6.13. The maximum absolute atomic E-state index is 10.4. The molecule has 3 rings (SSSR count). The molecule has 1 aromatic rings. The highest BCUT2D eigenvalue weighted by atomic mass is 32.1. The van der Waals surface area contributed by atoms with Crippen molar-refractivity contribution < 1.29 is 5.11 Å². The molecule has 0 aromatic carbocycles. The topological polar surface area (TPSA) is 45.2 Å². The second-order valence-electron chi connectivity index (χ2n) is 5.10. The van der Waals surface area contributed by atoms with Gasteiger partial charge in [0.05, 0.1) is 16.3 Å². The Labute approximate surface area is 99.9 Å². The van der Waals surface area contributed by atoms with Crippen LogP contribution in [0.5, 0.6) is 0 Å². The van der Waals surface area contributed by atoms with Crippen LogP contribution in [0.1, 0.15) is 42.3 Å². The third-order valence-corrected chi connectivity index (χ3v) is 4.60. The van der Waals surface area contributed by atoms with Crippen molar-refractivity contribution in [1.82, 2.24) is 10.3 Å². The lowest BCUT2D eigenvalue weighted by Crippen LogP contribution is -2.43. The zero-order valence-corrected chi connectivity index (χ0v) is 10.2. The Hall–Kier alpha value is -0.450. The first kappa shape index (κ1) is 10.7. The Morgan fingerprint density at radius 1 is 1.44 bits per heavy atom. The standard InChI is InChI=1S/C12H18N2OS/c15-12(3-5-13-6-4-12)7-10-8-16-11(14-10)9-1-2-9/h8-9,13,15H,1-7H2. The third kappa shape index (κ3) is 2.29. The van der Waals surface area contributed by atoms with Gasteiger partial charge in [-0.05, 0) is 38.8 Å². The van der Waals surface area contributed by atoms with Crippen molar-refractivity contribution in [3.8, 4) is 0 Å². The van der Waals surface area contributed by atoms with Crippen LogP contribution in [0.3, 0.4) is 0 Å². The van der Waals surface area contributed by atoms with E-state index in [2.05, 4.69) is 15.7 Å². The molecule has 2 fully saturated rings. The van der Waals surface area contributed by atoms with Crippen molar-refractivity contribution in [2.75, 3.05) is 13.1 Å². The zero-order valence-electron chi connectivity index (χ0n) is 9.41. The minimum absolute atomic E-state index is 0.514. The number of aromatic nitrogens is 1. The molecule has 0 spiro atoms. The lowest BCUT2D eigenvalue weighted by atomic mass is 9.88. The molecule has 1 aromatic heterocycles. The van der Waals surface area contributed by atoms with Crippen molar-refractivity contribution >= 4 is 11.3 Å². The van der Waals surface area contributed by atoms with Crippen molar-refractivity contribution in [2.24, 2.45) is 0 Å². The molecule has 3 nitrogen and oxygen atoms in total. The molecule has 1 aliphatic carbocycles. The second-order valence-corrected chi connectivity index (χ2v) is 5.99.